The molecule has 0 saturated carbocycles. The molecule has 20 heavy (non-hydrogen) atoms. The molecule has 0 amide bonds. The molecule has 0 spiro atoms. The molecular weight excluding hydrogens is 252 g/mol. The summed E-state index contributed by atoms with van der Waals surface area (Å²) in [5, 5.41) is 13.1. The maximum Gasteiger partial charge on any atom is 0.151 e. The van der Waals surface area contributed by atoms with Crippen molar-refractivity contribution in [1.82, 2.24) is 14.6 Å². The Morgan fingerprint density at radius 1 is 1.20 bits per heavy atom. The molecule has 0 aliphatic rings. The molecule has 0 fully saturated rings. The second-order valence-electron chi connectivity index (χ2n) is 4.42. The molecule has 3 rings (SSSR count). The Morgan fingerprint density at radius 2 is 1.95 bits per heavy atom. The van der Waals surface area contributed by atoms with Crippen LogP contribution in [-0.2, 0) is 6.42 Å². The average molecular weight is 264 g/mol. The Balaban J connectivity index is 2.34. The fourth-order valence-corrected chi connectivity index (χ4v) is 2.28. The van der Waals surface area contributed by atoms with Gasteiger partial charge in [-0.05, 0) is 23.3 Å². The van der Waals surface area contributed by atoms with Gasteiger partial charge in [0.15, 0.2) is 5.82 Å². The summed E-state index contributed by atoms with van der Waals surface area (Å²) in [6, 6.07) is 9.59. The molecule has 0 atom stereocenters. The van der Waals surface area contributed by atoms with Crippen LogP contribution in [0.4, 0.5) is 11.5 Å². The van der Waals surface area contributed by atoms with E-state index in [1.807, 2.05) is 30.5 Å². The number of fused-ring (bicyclic) bond motifs is 1. The van der Waals surface area contributed by atoms with Crippen LogP contribution in [0, 0.1) is 11.3 Å². The summed E-state index contributed by atoms with van der Waals surface area (Å²) in [7, 11) is 0. The van der Waals surface area contributed by atoms with E-state index in [4.69, 9.17) is 16.7 Å². The van der Waals surface area contributed by atoms with E-state index < -0.39 is 0 Å². The van der Waals surface area contributed by atoms with Crippen molar-refractivity contribution in [3.8, 4) is 17.2 Å². The quantitative estimate of drug-likeness (QED) is 0.684. The van der Waals surface area contributed by atoms with E-state index >= 15 is 0 Å². The van der Waals surface area contributed by atoms with Gasteiger partial charge < -0.3 is 11.5 Å². The number of benzene rings is 1. The van der Waals surface area contributed by atoms with E-state index in [0.717, 1.165) is 16.7 Å². The van der Waals surface area contributed by atoms with Gasteiger partial charge >= 0.3 is 0 Å². The lowest BCUT2D eigenvalue weighted by Gasteiger charge is -2.05. The van der Waals surface area contributed by atoms with Gasteiger partial charge in [-0.2, -0.15) is 10.4 Å². The molecular formula is C14H12N6. The van der Waals surface area contributed by atoms with Gasteiger partial charge in [0.25, 0.3) is 0 Å². The first-order valence-electron chi connectivity index (χ1n) is 6.04. The molecule has 98 valence electrons. The highest BCUT2D eigenvalue weighted by Gasteiger charge is 2.16. The third-order valence-corrected chi connectivity index (χ3v) is 3.15. The van der Waals surface area contributed by atoms with Crippen LogP contribution >= 0.6 is 0 Å². The van der Waals surface area contributed by atoms with Crippen LogP contribution < -0.4 is 11.5 Å². The number of nitriles is 1. The normalized spacial score (nSPS) is 10.6. The number of nitrogen functional groups attached to an aromatic ring is 2. The van der Waals surface area contributed by atoms with Crippen molar-refractivity contribution in [1.29, 1.82) is 5.26 Å². The molecule has 0 saturated heterocycles. The minimum atomic E-state index is 0.280. The van der Waals surface area contributed by atoms with E-state index in [9.17, 15) is 0 Å². The summed E-state index contributed by atoms with van der Waals surface area (Å²) in [6.07, 6.45) is 3.48. The second kappa shape index (κ2) is 4.55. The maximum absolute atomic E-state index is 8.98. The van der Waals surface area contributed by atoms with E-state index in [1.165, 1.54) is 6.33 Å². The highest BCUT2D eigenvalue weighted by atomic mass is 15.2. The van der Waals surface area contributed by atoms with E-state index in [1.54, 1.807) is 4.52 Å². The van der Waals surface area contributed by atoms with Crippen LogP contribution in [0.3, 0.4) is 0 Å². The van der Waals surface area contributed by atoms with E-state index in [2.05, 4.69) is 16.2 Å². The number of rotatable bonds is 2. The predicted molar refractivity (Wildman–Crippen MR) is 76.6 cm³/mol. The number of nitrogens with two attached hydrogens (primary N) is 2. The zero-order valence-electron chi connectivity index (χ0n) is 10.6. The van der Waals surface area contributed by atoms with Gasteiger partial charge in [-0.3, -0.25) is 0 Å². The molecule has 0 aliphatic carbocycles. The average Bonchev–Trinajstić information content (AvgIpc) is 2.80. The summed E-state index contributed by atoms with van der Waals surface area (Å²) in [6.45, 7) is 0. The van der Waals surface area contributed by atoms with E-state index in [0.29, 0.717) is 17.0 Å². The van der Waals surface area contributed by atoms with Crippen LogP contribution in [0.1, 0.15) is 5.56 Å². The van der Waals surface area contributed by atoms with Gasteiger partial charge in [0.2, 0.25) is 0 Å². The predicted octanol–water partition coefficient (Wildman–Crippen LogP) is 1.63. The molecule has 0 aliphatic heterocycles. The summed E-state index contributed by atoms with van der Waals surface area (Å²) >= 11 is 0. The van der Waals surface area contributed by atoms with Crippen LogP contribution in [0.5, 0.6) is 0 Å². The van der Waals surface area contributed by atoms with Crippen LogP contribution in [0.15, 0.2) is 36.8 Å². The Bertz CT molecular complexity index is 810. The number of aromatic nitrogens is 3. The van der Waals surface area contributed by atoms with Gasteiger partial charge in [-0.15, -0.1) is 0 Å². The first-order valence-corrected chi connectivity index (χ1v) is 6.04. The van der Waals surface area contributed by atoms with E-state index in [-0.39, 0.29) is 6.42 Å². The summed E-state index contributed by atoms with van der Waals surface area (Å²) < 4.78 is 1.65. The minimum Gasteiger partial charge on any atom is -0.399 e. The third-order valence-electron chi connectivity index (χ3n) is 3.15. The third kappa shape index (κ3) is 1.82. The highest BCUT2D eigenvalue weighted by Crippen LogP contribution is 2.32. The van der Waals surface area contributed by atoms with Crippen LogP contribution in [0.25, 0.3) is 16.6 Å². The SMILES string of the molecule is N#CCc1cn2ncnc(N)c2c1-c1ccc(N)cc1. The lowest BCUT2D eigenvalue weighted by atomic mass is 10.0. The zero-order valence-corrected chi connectivity index (χ0v) is 10.6. The molecule has 6 nitrogen and oxygen atoms in total. The first-order chi connectivity index (χ1) is 9.70. The minimum absolute atomic E-state index is 0.280. The molecule has 6 heteroatoms. The summed E-state index contributed by atoms with van der Waals surface area (Å²) in [5.74, 6) is 0.385. The van der Waals surface area contributed by atoms with Crippen molar-refractivity contribution in [2.45, 2.75) is 6.42 Å². The Labute approximate surface area is 115 Å². The molecule has 0 bridgehead atoms. The molecule has 1 aromatic carbocycles. The monoisotopic (exact) mass is 264 g/mol. The van der Waals surface area contributed by atoms with Gasteiger partial charge in [-0.1, -0.05) is 12.1 Å². The molecule has 0 radical (unpaired) electrons. The van der Waals surface area contributed by atoms with Gasteiger partial charge in [-0.25, -0.2) is 9.50 Å². The van der Waals surface area contributed by atoms with Crippen molar-refractivity contribution in [3.63, 3.8) is 0 Å². The van der Waals surface area contributed by atoms with Crippen molar-refractivity contribution >= 4 is 17.0 Å². The topological polar surface area (TPSA) is 106 Å². The van der Waals surface area contributed by atoms with Crippen LogP contribution in [-0.4, -0.2) is 14.6 Å². The molecule has 3 aromatic rings. The fraction of sp³-hybridized carbons (Fsp3) is 0.0714. The number of anilines is 2. The zero-order chi connectivity index (χ0) is 14.1. The number of nitrogens with zero attached hydrogens (tertiary/aromatic N) is 4. The molecule has 0 unspecified atom stereocenters. The largest absolute Gasteiger partial charge is 0.399 e. The van der Waals surface area contributed by atoms with Gasteiger partial charge in [0.1, 0.15) is 11.8 Å². The smallest absolute Gasteiger partial charge is 0.151 e. The lowest BCUT2D eigenvalue weighted by molar-refractivity contribution is 0.904. The number of hydrogen-bond donors (Lipinski definition) is 2. The fourth-order valence-electron chi connectivity index (χ4n) is 2.28. The number of hydrogen-bond acceptors (Lipinski definition) is 5. The standard InChI is InChI=1S/C14H12N6/c15-6-5-10-7-20-13(14(17)18-8-19-20)12(10)9-1-3-11(16)4-2-9/h1-4,7-8H,5,16H2,(H2,17,18,19). The molecule has 2 heterocycles. The summed E-state index contributed by atoms with van der Waals surface area (Å²) in [4.78, 5) is 4.02. The van der Waals surface area contributed by atoms with Crippen molar-refractivity contribution < 1.29 is 0 Å². The summed E-state index contributed by atoms with van der Waals surface area (Å²) in [5.41, 5.74) is 15.7. The van der Waals surface area contributed by atoms with Crippen molar-refractivity contribution in [2.24, 2.45) is 0 Å². The first kappa shape index (κ1) is 12.0. The van der Waals surface area contributed by atoms with Gasteiger partial charge in [0, 0.05) is 17.4 Å². The second-order valence-corrected chi connectivity index (χ2v) is 4.42. The molecule has 4 N–H and O–H groups in total. The highest BCUT2D eigenvalue weighted by molar-refractivity contribution is 5.90. The van der Waals surface area contributed by atoms with Crippen molar-refractivity contribution in [2.75, 3.05) is 11.5 Å². The maximum atomic E-state index is 8.98. The Morgan fingerprint density at radius 3 is 2.65 bits per heavy atom. The Hall–Kier alpha value is -3.07. The molecule has 2 aromatic heterocycles. The van der Waals surface area contributed by atoms with Crippen molar-refractivity contribution in [3.05, 3.63) is 42.4 Å². The Kier molecular flexibility index (Phi) is 2.73. The lowest BCUT2D eigenvalue weighted by Crippen LogP contribution is -1.98. The van der Waals surface area contributed by atoms with Crippen LogP contribution in [0.2, 0.25) is 0 Å². The van der Waals surface area contributed by atoms with Gasteiger partial charge in [0.05, 0.1) is 12.5 Å².